The lowest BCUT2D eigenvalue weighted by Crippen LogP contribution is -2.46. The Bertz CT molecular complexity index is 303. The first-order chi connectivity index (χ1) is 6.61. The molecule has 1 aromatic rings. The maximum Gasteiger partial charge on any atom is 0.255 e. The molecule has 0 bridgehead atoms. The van der Waals surface area contributed by atoms with Crippen molar-refractivity contribution in [1.82, 2.24) is 5.43 Å². The first-order valence-electron chi connectivity index (χ1n) is 4.46. The Balaban J connectivity index is 0.00000196. The third-order valence-electron chi connectivity index (χ3n) is 1.83. The zero-order valence-corrected chi connectivity index (χ0v) is 9.62. The number of nitrogens with zero attached hydrogens (tertiary/aromatic N) is 1. The molecule has 1 aromatic carbocycles. The predicted octanol–water partition coefficient (Wildman–Crippen LogP) is 0.923. The van der Waals surface area contributed by atoms with Crippen LogP contribution in [0.15, 0.2) is 30.3 Å². The largest absolute Gasteiger partial charge is 0.320 e. The van der Waals surface area contributed by atoms with Gasteiger partial charge in [-0.1, -0.05) is 18.2 Å². The summed E-state index contributed by atoms with van der Waals surface area (Å²) in [6, 6.07) is 9.04. The van der Waals surface area contributed by atoms with Crippen LogP contribution in [0.5, 0.6) is 0 Å². The van der Waals surface area contributed by atoms with Gasteiger partial charge in [-0.25, -0.2) is 0 Å². The highest BCUT2D eigenvalue weighted by atomic mass is 35.5. The number of nitrogens with two attached hydrogens (primary N) is 1. The number of anilines is 1. The molecular weight excluding hydrogens is 214 g/mol. The molecule has 0 saturated heterocycles. The molecule has 0 aliphatic heterocycles. The van der Waals surface area contributed by atoms with Gasteiger partial charge in [-0.15, -0.1) is 12.4 Å². The van der Waals surface area contributed by atoms with E-state index in [4.69, 9.17) is 5.73 Å². The first-order valence-corrected chi connectivity index (χ1v) is 4.46. The molecule has 0 saturated carbocycles. The Morgan fingerprint density at radius 2 is 1.93 bits per heavy atom. The van der Waals surface area contributed by atoms with E-state index in [-0.39, 0.29) is 18.3 Å². The third kappa shape index (κ3) is 4.18. The van der Waals surface area contributed by atoms with Crippen molar-refractivity contribution in [2.45, 2.75) is 13.0 Å². The summed E-state index contributed by atoms with van der Waals surface area (Å²) in [6.45, 7) is 1.65. The van der Waals surface area contributed by atoms with Crippen LogP contribution in [-0.4, -0.2) is 19.0 Å². The summed E-state index contributed by atoms with van der Waals surface area (Å²) >= 11 is 0. The highest BCUT2D eigenvalue weighted by Crippen LogP contribution is 2.08. The number of nitrogens with one attached hydrogen (secondary N) is 1. The van der Waals surface area contributed by atoms with Crippen molar-refractivity contribution in [3.8, 4) is 0 Å². The Labute approximate surface area is 95.8 Å². The lowest BCUT2D eigenvalue weighted by atomic mass is 10.3. The second-order valence-electron chi connectivity index (χ2n) is 3.16. The predicted molar refractivity (Wildman–Crippen MR) is 63.9 cm³/mol. The normalized spacial score (nSPS) is 11.1. The van der Waals surface area contributed by atoms with Gasteiger partial charge in [0.05, 0.1) is 11.7 Å². The average molecular weight is 230 g/mol. The van der Waals surface area contributed by atoms with Crippen molar-refractivity contribution in [3.05, 3.63) is 30.3 Å². The van der Waals surface area contributed by atoms with Crippen molar-refractivity contribution in [2.75, 3.05) is 12.1 Å². The van der Waals surface area contributed by atoms with Crippen LogP contribution in [0.1, 0.15) is 6.92 Å². The van der Waals surface area contributed by atoms with Gasteiger partial charge >= 0.3 is 0 Å². The van der Waals surface area contributed by atoms with Crippen LogP contribution in [0, 0.1) is 0 Å². The maximum absolute atomic E-state index is 11.2. The molecule has 15 heavy (non-hydrogen) atoms. The summed E-state index contributed by atoms with van der Waals surface area (Å²) in [5.74, 6) is -0.198. The summed E-state index contributed by atoms with van der Waals surface area (Å²) in [6.07, 6.45) is 0. The van der Waals surface area contributed by atoms with E-state index in [1.54, 1.807) is 19.0 Å². The van der Waals surface area contributed by atoms with Gasteiger partial charge in [0.2, 0.25) is 0 Å². The number of amides is 1. The van der Waals surface area contributed by atoms with E-state index in [1.807, 2.05) is 30.3 Å². The van der Waals surface area contributed by atoms with Crippen LogP contribution < -0.4 is 16.2 Å². The fourth-order valence-electron chi connectivity index (χ4n) is 0.983. The van der Waals surface area contributed by atoms with Gasteiger partial charge in [-0.05, 0) is 19.1 Å². The van der Waals surface area contributed by atoms with Crippen LogP contribution in [0.4, 0.5) is 5.69 Å². The van der Waals surface area contributed by atoms with E-state index in [0.29, 0.717) is 0 Å². The van der Waals surface area contributed by atoms with Crippen LogP contribution in [0.3, 0.4) is 0 Å². The van der Waals surface area contributed by atoms with Crippen molar-refractivity contribution in [3.63, 3.8) is 0 Å². The van der Waals surface area contributed by atoms with E-state index >= 15 is 0 Å². The molecule has 1 atom stereocenters. The standard InChI is InChI=1S/C10H15N3O.ClH/c1-8(11)10(14)12-13(2)9-6-4-3-5-7-9;/h3-8H,11H2,1-2H3,(H,12,14);1H. The summed E-state index contributed by atoms with van der Waals surface area (Å²) < 4.78 is 0. The number of hydrogen-bond donors (Lipinski definition) is 2. The molecule has 1 unspecified atom stereocenters. The SMILES string of the molecule is CC(N)C(=O)NN(C)c1ccccc1.Cl. The number of para-hydroxylation sites is 1. The minimum absolute atomic E-state index is 0. The van der Waals surface area contributed by atoms with E-state index in [9.17, 15) is 4.79 Å². The molecule has 3 N–H and O–H groups in total. The topological polar surface area (TPSA) is 58.4 Å². The van der Waals surface area contributed by atoms with E-state index in [1.165, 1.54) is 0 Å². The number of carbonyl (C=O) groups excluding carboxylic acids is 1. The van der Waals surface area contributed by atoms with E-state index in [0.717, 1.165) is 5.69 Å². The molecular formula is C10H16ClN3O. The Hall–Kier alpha value is -1.26. The average Bonchev–Trinajstić information content (AvgIpc) is 2.19. The summed E-state index contributed by atoms with van der Waals surface area (Å²) in [4.78, 5) is 11.2. The Morgan fingerprint density at radius 1 is 1.40 bits per heavy atom. The zero-order chi connectivity index (χ0) is 10.6. The van der Waals surface area contributed by atoms with Crippen LogP contribution >= 0.6 is 12.4 Å². The molecule has 0 radical (unpaired) electrons. The second-order valence-corrected chi connectivity index (χ2v) is 3.16. The van der Waals surface area contributed by atoms with Gasteiger partial charge in [-0.3, -0.25) is 15.2 Å². The quantitative estimate of drug-likeness (QED) is 0.758. The molecule has 84 valence electrons. The van der Waals surface area contributed by atoms with Gasteiger partial charge in [-0.2, -0.15) is 0 Å². The molecule has 0 aliphatic carbocycles. The highest BCUT2D eigenvalue weighted by Gasteiger charge is 2.09. The maximum atomic E-state index is 11.2. The highest BCUT2D eigenvalue weighted by molar-refractivity contribution is 5.85. The number of hydrazine groups is 1. The summed E-state index contributed by atoms with van der Waals surface area (Å²) in [5, 5.41) is 1.64. The number of hydrogen-bond acceptors (Lipinski definition) is 3. The number of carbonyl (C=O) groups is 1. The van der Waals surface area contributed by atoms with Crippen molar-refractivity contribution in [2.24, 2.45) is 5.73 Å². The van der Waals surface area contributed by atoms with Gasteiger partial charge in [0.25, 0.3) is 5.91 Å². The van der Waals surface area contributed by atoms with Gasteiger partial charge in [0.1, 0.15) is 0 Å². The van der Waals surface area contributed by atoms with Crippen LogP contribution in [-0.2, 0) is 4.79 Å². The lowest BCUT2D eigenvalue weighted by molar-refractivity contribution is -0.122. The summed E-state index contributed by atoms with van der Waals surface area (Å²) in [5.41, 5.74) is 9.01. The monoisotopic (exact) mass is 229 g/mol. The Morgan fingerprint density at radius 3 is 2.40 bits per heavy atom. The molecule has 1 rings (SSSR count). The van der Waals surface area contributed by atoms with Gasteiger partial charge in [0, 0.05) is 7.05 Å². The third-order valence-corrected chi connectivity index (χ3v) is 1.83. The molecule has 0 fully saturated rings. The van der Waals surface area contributed by atoms with Crippen molar-refractivity contribution >= 4 is 24.0 Å². The molecule has 5 heteroatoms. The molecule has 0 spiro atoms. The van der Waals surface area contributed by atoms with E-state index < -0.39 is 6.04 Å². The number of rotatable bonds is 3. The zero-order valence-electron chi connectivity index (χ0n) is 8.81. The molecule has 0 aromatic heterocycles. The number of halogens is 1. The molecule has 1 amide bonds. The lowest BCUT2D eigenvalue weighted by Gasteiger charge is -2.21. The van der Waals surface area contributed by atoms with Gasteiger partial charge in [0.15, 0.2) is 0 Å². The Kier molecular flexibility index (Phi) is 5.74. The molecule has 0 aliphatic rings. The summed E-state index contributed by atoms with van der Waals surface area (Å²) in [7, 11) is 1.77. The fourth-order valence-corrected chi connectivity index (χ4v) is 0.983. The van der Waals surface area contributed by atoms with Crippen LogP contribution in [0.25, 0.3) is 0 Å². The smallest absolute Gasteiger partial charge is 0.255 e. The molecule has 4 nitrogen and oxygen atoms in total. The van der Waals surface area contributed by atoms with Crippen molar-refractivity contribution < 1.29 is 4.79 Å². The second kappa shape index (κ2) is 6.27. The van der Waals surface area contributed by atoms with Gasteiger partial charge < -0.3 is 5.73 Å². The van der Waals surface area contributed by atoms with Crippen molar-refractivity contribution in [1.29, 1.82) is 0 Å². The molecule has 0 heterocycles. The van der Waals surface area contributed by atoms with Crippen LogP contribution in [0.2, 0.25) is 0 Å². The fraction of sp³-hybridized carbons (Fsp3) is 0.300. The number of benzene rings is 1. The minimum atomic E-state index is -0.499. The first kappa shape index (κ1) is 13.7. The minimum Gasteiger partial charge on any atom is -0.320 e. The van der Waals surface area contributed by atoms with E-state index in [2.05, 4.69) is 5.43 Å².